The third-order valence-electron chi connectivity index (χ3n) is 7.55. The Balaban J connectivity index is 1.28. The second kappa shape index (κ2) is 12.8. The minimum Gasteiger partial charge on any atom is -0.426 e. The van der Waals surface area contributed by atoms with Crippen molar-refractivity contribution in [1.29, 1.82) is 0 Å². The molecule has 4 rings (SSSR count). The van der Waals surface area contributed by atoms with Gasteiger partial charge in [-0.2, -0.15) is 0 Å². The topological polar surface area (TPSA) is 26.3 Å². The summed E-state index contributed by atoms with van der Waals surface area (Å²) in [5.74, 6) is -1.17. The number of carbonyl (C=O) groups is 1. The summed E-state index contributed by atoms with van der Waals surface area (Å²) in [5, 5.41) is 0. The van der Waals surface area contributed by atoms with Gasteiger partial charge in [0.15, 0.2) is 0 Å². The van der Waals surface area contributed by atoms with E-state index in [1.54, 1.807) is 0 Å². The van der Waals surface area contributed by atoms with Crippen molar-refractivity contribution in [3.63, 3.8) is 0 Å². The van der Waals surface area contributed by atoms with E-state index in [2.05, 4.69) is 55.5 Å². The molecule has 0 bridgehead atoms. The van der Waals surface area contributed by atoms with Crippen molar-refractivity contribution in [2.45, 2.75) is 70.6 Å². The Bertz CT molecular complexity index is 1170. The molecule has 0 amide bonds. The van der Waals surface area contributed by atoms with Gasteiger partial charge in [-0.25, -0.2) is 8.78 Å². The van der Waals surface area contributed by atoms with Crippen LogP contribution in [0.4, 0.5) is 8.78 Å². The van der Waals surface area contributed by atoms with Gasteiger partial charge in [-0.3, -0.25) is 4.79 Å². The van der Waals surface area contributed by atoms with E-state index in [9.17, 15) is 13.6 Å². The van der Waals surface area contributed by atoms with E-state index in [0.717, 1.165) is 31.4 Å². The molecule has 194 valence electrons. The maximum absolute atomic E-state index is 14.4. The first-order valence-corrected chi connectivity index (χ1v) is 13.4. The molecule has 0 aliphatic heterocycles. The van der Waals surface area contributed by atoms with Crippen LogP contribution in [0.5, 0.6) is 5.75 Å². The van der Waals surface area contributed by atoms with Gasteiger partial charge < -0.3 is 4.74 Å². The molecule has 0 aromatic heterocycles. The van der Waals surface area contributed by atoms with E-state index < -0.39 is 17.6 Å². The van der Waals surface area contributed by atoms with E-state index >= 15 is 0 Å². The van der Waals surface area contributed by atoms with Crippen LogP contribution in [-0.2, 0) is 17.6 Å². The molecule has 0 saturated heterocycles. The number of benzene rings is 3. The number of allylic oxidation sites excluding steroid dienone is 2. The van der Waals surface area contributed by atoms with Crippen LogP contribution in [0.25, 0.3) is 0 Å². The molecule has 1 fully saturated rings. The summed E-state index contributed by atoms with van der Waals surface area (Å²) < 4.78 is 34.2. The van der Waals surface area contributed by atoms with Crippen LogP contribution >= 0.6 is 0 Å². The zero-order valence-electron chi connectivity index (χ0n) is 21.8. The Labute approximate surface area is 219 Å². The Morgan fingerprint density at radius 3 is 2.24 bits per heavy atom. The zero-order valence-corrected chi connectivity index (χ0v) is 21.8. The minimum absolute atomic E-state index is 0.0268. The van der Waals surface area contributed by atoms with E-state index in [-0.39, 0.29) is 23.7 Å². The summed E-state index contributed by atoms with van der Waals surface area (Å²) in [6.45, 7) is 4.12. The van der Waals surface area contributed by atoms with Crippen LogP contribution in [0, 0.1) is 17.6 Å². The van der Waals surface area contributed by atoms with E-state index in [4.69, 9.17) is 4.74 Å². The molecule has 4 heteroatoms. The van der Waals surface area contributed by atoms with Gasteiger partial charge >= 0.3 is 5.97 Å². The highest BCUT2D eigenvalue weighted by molar-refractivity contribution is 5.75. The predicted octanol–water partition coefficient (Wildman–Crippen LogP) is 8.70. The third-order valence-corrected chi connectivity index (χ3v) is 7.55. The fourth-order valence-electron chi connectivity index (χ4n) is 5.31. The number of hydrogen-bond donors (Lipinski definition) is 0. The molecule has 1 saturated carbocycles. The highest BCUT2D eigenvalue weighted by Gasteiger charge is 2.29. The first-order valence-electron chi connectivity index (χ1n) is 13.4. The first kappa shape index (κ1) is 26.8. The van der Waals surface area contributed by atoms with Crippen molar-refractivity contribution in [3.8, 4) is 5.75 Å². The third kappa shape index (κ3) is 7.15. The normalized spacial score (nSPS) is 18.6. The monoisotopic (exact) mass is 502 g/mol. The van der Waals surface area contributed by atoms with Crippen LogP contribution in [0.15, 0.2) is 78.9 Å². The molecule has 3 aromatic rings. The summed E-state index contributed by atoms with van der Waals surface area (Å²) in [7, 11) is 0. The lowest BCUT2D eigenvalue weighted by Gasteiger charge is -2.27. The summed E-state index contributed by atoms with van der Waals surface area (Å²) in [5.41, 5.74) is 4.01. The standard InChI is InChI=1S/C33H36F2O2/c1-3-4-6-11-30-31(34)21-29(22-32(30)35)37-33(36)28-18-16-27(17-19-28)26-14-12-24(13-15-26)20-23(2)25-9-7-5-8-10-25/h3-5,7-10,12-15,21-23,27-28H,6,11,16-20H2,1-2H3/b4-3+/t23-,27?,28?/m0/s1. The Morgan fingerprint density at radius 2 is 1.62 bits per heavy atom. The van der Waals surface area contributed by atoms with Crippen molar-refractivity contribution in [2.24, 2.45) is 5.92 Å². The molecular weight excluding hydrogens is 466 g/mol. The summed E-state index contributed by atoms with van der Waals surface area (Å²) in [6.07, 6.45) is 8.76. The summed E-state index contributed by atoms with van der Waals surface area (Å²) >= 11 is 0. The lowest BCUT2D eigenvalue weighted by molar-refractivity contribution is -0.140. The fraction of sp³-hybridized carbons (Fsp3) is 0.364. The SMILES string of the molecule is C/C=C/CCc1c(F)cc(OC(=O)C2CCC(c3ccc(C[C@H](C)c4ccccc4)cc3)CC2)cc1F. The highest BCUT2D eigenvalue weighted by atomic mass is 19.1. The average Bonchev–Trinajstić information content (AvgIpc) is 2.91. The van der Waals surface area contributed by atoms with Gasteiger partial charge in [0.2, 0.25) is 0 Å². The fourth-order valence-corrected chi connectivity index (χ4v) is 5.31. The maximum atomic E-state index is 14.4. The van der Waals surface area contributed by atoms with Crippen molar-refractivity contribution in [2.75, 3.05) is 0 Å². The van der Waals surface area contributed by atoms with Crippen LogP contribution in [0.2, 0.25) is 0 Å². The van der Waals surface area contributed by atoms with Gasteiger partial charge in [0, 0.05) is 17.7 Å². The van der Waals surface area contributed by atoms with Crippen molar-refractivity contribution in [1.82, 2.24) is 0 Å². The molecule has 37 heavy (non-hydrogen) atoms. The first-order chi connectivity index (χ1) is 17.9. The van der Waals surface area contributed by atoms with Gasteiger partial charge in [-0.05, 0) is 80.4 Å². The van der Waals surface area contributed by atoms with Gasteiger partial charge in [0.25, 0.3) is 0 Å². The average molecular weight is 503 g/mol. The van der Waals surface area contributed by atoms with Gasteiger partial charge in [0.05, 0.1) is 5.92 Å². The van der Waals surface area contributed by atoms with Crippen molar-refractivity contribution < 1.29 is 18.3 Å². The van der Waals surface area contributed by atoms with Crippen LogP contribution in [-0.4, -0.2) is 5.97 Å². The lowest BCUT2D eigenvalue weighted by Crippen LogP contribution is -2.25. The van der Waals surface area contributed by atoms with E-state index in [0.29, 0.717) is 31.1 Å². The van der Waals surface area contributed by atoms with Crippen molar-refractivity contribution in [3.05, 3.63) is 113 Å². The lowest BCUT2D eigenvalue weighted by atomic mass is 9.78. The van der Waals surface area contributed by atoms with Gasteiger partial charge in [-0.1, -0.05) is 73.7 Å². The van der Waals surface area contributed by atoms with Crippen LogP contribution < -0.4 is 4.74 Å². The minimum atomic E-state index is -0.669. The molecule has 1 aliphatic carbocycles. The molecule has 0 heterocycles. The second-order valence-corrected chi connectivity index (χ2v) is 10.2. The quantitative estimate of drug-likeness (QED) is 0.166. The molecule has 0 radical (unpaired) electrons. The second-order valence-electron chi connectivity index (χ2n) is 10.2. The Kier molecular flexibility index (Phi) is 9.27. The molecule has 0 N–H and O–H groups in total. The van der Waals surface area contributed by atoms with E-state index in [1.807, 2.05) is 25.1 Å². The zero-order chi connectivity index (χ0) is 26.2. The molecule has 2 nitrogen and oxygen atoms in total. The molecule has 1 aliphatic rings. The smallest absolute Gasteiger partial charge is 0.314 e. The number of ether oxygens (including phenoxy) is 1. The number of carbonyl (C=O) groups excluding carboxylic acids is 1. The Hall–Kier alpha value is -3.27. The number of esters is 1. The summed E-state index contributed by atoms with van der Waals surface area (Å²) in [4.78, 5) is 12.7. The predicted molar refractivity (Wildman–Crippen MR) is 145 cm³/mol. The van der Waals surface area contributed by atoms with Crippen LogP contribution in [0.3, 0.4) is 0 Å². The number of rotatable bonds is 9. The largest absolute Gasteiger partial charge is 0.426 e. The molecule has 3 aromatic carbocycles. The van der Waals surface area contributed by atoms with Gasteiger partial charge in [0.1, 0.15) is 17.4 Å². The van der Waals surface area contributed by atoms with Crippen LogP contribution in [0.1, 0.15) is 80.0 Å². The number of halogens is 2. The summed E-state index contributed by atoms with van der Waals surface area (Å²) in [6, 6.07) is 21.7. The van der Waals surface area contributed by atoms with Crippen molar-refractivity contribution >= 4 is 5.97 Å². The molecule has 0 unspecified atom stereocenters. The highest BCUT2D eigenvalue weighted by Crippen LogP contribution is 2.37. The molecule has 0 spiro atoms. The molecule has 1 atom stereocenters. The maximum Gasteiger partial charge on any atom is 0.314 e. The van der Waals surface area contributed by atoms with Gasteiger partial charge in [-0.15, -0.1) is 0 Å². The Morgan fingerprint density at radius 1 is 0.973 bits per heavy atom. The molecular formula is C33H36F2O2. The van der Waals surface area contributed by atoms with E-state index in [1.165, 1.54) is 16.7 Å². The number of hydrogen-bond acceptors (Lipinski definition) is 2.